The number of amides is 1. The van der Waals surface area contributed by atoms with E-state index in [1.54, 1.807) is 0 Å². The lowest BCUT2D eigenvalue weighted by molar-refractivity contribution is -0.121. The Morgan fingerprint density at radius 1 is 1.36 bits per heavy atom. The lowest BCUT2D eigenvalue weighted by Gasteiger charge is -2.13. The molecule has 0 radical (unpaired) electrons. The summed E-state index contributed by atoms with van der Waals surface area (Å²) in [7, 11) is 0. The van der Waals surface area contributed by atoms with Gasteiger partial charge in [-0.05, 0) is 62.5 Å². The number of hydrogen-bond acceptors (Lipinski definition) is 4. The highest BCUT2D eigenvalue weighted by molar-refractivity contribution is 7.10. The molecule has 5 heteroatoms. The second kappa shape index (κ2) is 6.65. The van der Waals surface area contributed by atoms with E-state index in [4.69, 9.17) is 4.52 Å². The Morgan fingerprint density at radius 3 is 2.95 bits per heavy atom. The Bertz CT molecular complexity index is 653. The van der Waals surface area contributed by atoms with Gasteiger partial charge < -0.3 is 9.84 Å². The third-order valence-electron chi connectivity index (χ3n) is 4.41. The number of nitrogens with one attached hydrogen (secondary N) is 1. The van der Waals surface area contributed by atoms with E-state index in [1.165, 1.54) is 41.7 Å². The van der Waals surface area contributed by atoms with Gasteiger partial charge in [-0.25, -0.2) is 0 Å². The van der Waals surface area contributed by atoms with Gasteiger partial charge in [0.1, 0.15) is 5.76 Å². The quantitative estimate of drug-likeness (QED) is 0.918. The first kappa shape index (κ1) is 15.3. The SMILES string of the molecule is Cc1noc(C)c1CCC(=O)NCc1csc2c1CCCC2. The Kier molecular flexibility index (Phi) is 4.62. The van der Waals surface area contributed by atoms with Crippen molar-refractivity contribution in [1.29, 1.82) is 0 Å². The number of fused-ring (bicyclic) bond motifs is 1. The van der Waals surface area contributed by atoms with Crippen molar-refractivity contribution in [3.63, 3.8) is 0 Å². The molecule has 0 bridgehead atoms. The maximum absolute atomic E-state index is 12.1. The Labute approximate surface area is 134 Å². The summed E-state index contributed by atoms with van der Waals surface area (Å²) in [5.74, 6) is 0.910. The van der Waals surface area contributed by atoms with Crippen molar-refractivity contribution < 1.29 is 9.32 Å². The lowest BCUT2D eigenvalue weighted by Crippen LogP contribution is -2.23. The van der Waals surface area contributed by atoms with Crippen LogP contribution in [0.3, 0.4) is 0 Å². The molecule has 4 nitrogen and oxygen atoms in total. The largest absolute Gasteiger partial charge is 0.361 e. The van der Waals surface area contributed by atoms with Gasteiger partial charge in [-0.3, -0.25) is 4.79 Å². The Morgan fingerprint density at radius 2 is 2.18 bits per heavy atom. The number of carbonyl (C=O) groups is 1. The van der Waals surface area contributed by atoms with E-state index < -0.39 is 0 Å². The molecule has 118 valence electrons. The predicted molar refractivity (Wildman–Crippen MR) is 87.1 cm³/mol. The fourth-order valence-electron chi connectivity index (χ4n) is 3.09. The topological polar surface area (TPSA) is 55.1 Å². The zero-order chi connectivity index (χ0) is 15.5. The smallest absolute Gasteiger partial charge is 0.220 e. The average molecular weight is 318 g/mol. The number of rotatable bonds is 5. The number of aryl methyl sites for hydroxylation is 3. The van der Waals surface area contributed by atoms with Crippen molar-refractivity contribution in [2.24, 2.45) is 0 Å². The summed E-state index contributed by atoms with van der Waals surface area (Å²) in [5, 5.41) is 9.19. The molecule has 0 atom stereocenters. The van der Waals surface area contributed by atoms with E-state index in [0.29, 0.717) is 19.4 Å². The molecule has 0 unspecified atom stereocenters. The maximum atomic E-state index is 12.1. The molecule has 3 rings (SSSR count). The van der Waals surface area contributed by atoms with Crippen LogP contribution in [0.15, 0.2) is 9.90 Å². The molecule has 0 aromatic carbocycles. The van der Waals surface area contributed by atoms with Gasteiger partial charge >= 0.3 is 0 Å². The summed E-state index contributed by atoms with van der Waals surface area (Å²) in [4.78, 5) is 13.6. The highest BCUT2D eigenvalue weighted by Gasteiger charge is 2.16. The summed E-state index contributed by atoms with van der Waals surface area (Å²) in [5.41, 5.74) is 4.74. The fourth-order valence-corrected chi connectivity index (χ4v) is 4.24. The summed E-state index contributed by atoms with van der Waals surface area (Å²) >= 11 is 1.85. The number of thiophene rings is 1. The van der Waals surface area contributed by atoms with Gasteiger partial charge in [0.05, 0.1) is 5.69 Å². The summed E-state index contributed by atoms with van der Waals surface area (Å²) in [6.45, 7) is 4.47. The van der Waals surface area contributed by atoms with Crippen LogP contribution in [0.5, 0.6) is 0 Å². The van der Waals surface area contributed by atoms with Crippen molar-refractivity contribution in [2.75, 3.05) is 0 Å². The molecule has 2 aromatic rings. The first-order chi connectivity index (χ1) is 10.6. The molecule has 0 aliphatic heterocycles. The van der Waals surface area contributed by atoms with E-state index >= 15 is 0 Å². The van der Waals surface area contributed by atoms with Gasteiger partial charge in [0.25, 0.3) is 0 Å². The highest BCUT2D eigenvalue weighted by Crippen LogP contribution is 2.30. The van der Waals surface area contributed by atoms with Crippen LogP contribution >= 0.6 is 11.3 Å². The van der Waals surface area contributed by atoms with Crippen LogP contribution in [0.25, 0.3) is 0 Å². The monoisotopic (exact) mass is 318 g/mol. The summed E-state index contributed by atoms with van der Waals surface area (Å²) < 4.78 is 5.13. The second-order valence-corrected chi connectivity index (χ2v) is 6.91. The van der Waals surface area contributed by atoms with Gasteiger partial charge in [-0.2, -0.15) is 0 Å². The van der Waals surface area contributed by atoms with E-state index in [1.807, 2.05) is 25.2 Å². The van der Waals surface area contributed by atoms with Gasteiger partial charge in [0.15, 0.2) is 0 Å². The van der Waals surface area contributed by atoms with Crippen molar-refractivity contribution in [3.05, 3.63) is 38.4 Å². The minimum absolute atomic E-state index is 0.0933. The van der Waals surface area contributed by atoms with Crippen LogP contribution in [0.2, 0.25) is 0 Å². The average Bonchev–Trinajstić information content (AvgIpc) is 3.07. The van der Waals surface area contributed by atoms with Crippen molar-refractivity contribution in [2.45, 2.75) is 58.9 Å². The minimum atomic E-state index is 0.0933. The first-order valence-electron chi connectivity index (χ1n) is 7.91. The van der Waals surface area contributed by atoms with Crippen LogP contribution in [0, 0.1) is 13.8 Å². The van der Waals surface area contributed by atoms with Crippen LogP contribution in [-0.4, -0.2) is 11.1 Å². The van der Waals surface area contributed by atoms with E-state index in [2.05, 4.69) is 15.9 Å². The number of hydrogen-bond donors (Lipinski definition) is 1. The van der Waals surface area contributed by atoms with Crippen LogP contribution in [0.1, 0.15) is 52.3 Å². The zero-order valence-electron chi connectivity index (χ0n) is 13.2. The standard InChI is InChI=1S/C17H22N2O2S/c1-11-14(12(2)21-19-11)7-8-17(20)18-9-13-10-22-16-6-4-3-5-15(13)16/h10H,3-9H2,1-2H3,(H,18,20). The molecule has 0 saturated carbocycles. The molecule has 0 spiro atoms. The normalized spacial score (nSPS) is 13.9. The van der Waals surface area contributed by atoms with E-state index in [0.717, 1.165) is 17.0 Å². The predicted octanol–water partition coefficient (Wildman–Crippen LogP) is 3.48. The molecule has 1 amide bonds. The molecular formula is C17H22N2O2S. The Hall–Kier alpha value is -1.62. The molecule has 1 aliphatic rings. The number of aromatic nitrogens is 1. The molecule has 0 fully saturated rings. The highest BCUT2D eigenvalue weighted by atomic mass is 32.1. The van der Waals surface area contributed by atoms with Crippen molar-refractivity contribution in [1.82, 2.24) is 10.5 Å². The number of carbonyl (C=O) groups excluding carboxylic acids is 1. The molecule has 2 heterocycles. The van der Waals surface area contributed by atoms with Crippen molar-refractivity contribution >= 4 is 17.2 Å². The zero-order valence-corrected chi connectivity index (χ0v) is 14.0. The van der Waals surface area contributed by atoms with Crippen LogP contribution in [-0.2, 0) is 30.6 Å². The molecule has 1 aliphatic carbocycles. The minimum Gasteiger partial charge on any atom is -0.361 e. The Balaban J connectivity index is 1.51. The fraction of sp³-hybridized carbons (Fsp3) is 0.529. The summed E-state index contributed by atoms with van der Waals surface area (Å²) in [6.07, 6.45) is 6.13. The van der Waals surface area contributed by atoms with Crippen molar-refractivity contribution in [3.8, 4) is 0 Å². The van der Waals surface area contributed by atoms with Gasteiger partial charge in [-0.15, -0.1) is 11.3 Å². The van der Waals surface area contributed by atoms with Crippen LogP contribution in [0.4, 0.5) is 0 Å². The maximum Gasteiger partial charge on any atom is 0.220 e. The molecule has 2 aromatic heterocycles. The second-order valence-electron chi connectivity index (χ2n) is 5.95. The molecule has 0 saturated heterocycles. The third-order valence-corrected chi connectivity index (χ3v) is 5.54. The van der Waals surface area contributed by atoms with Gasteiger partial charge in [0.2, 0.25) is 5.91 Å². The molecular weight excluding hydrogens is 296 g/mol. The number of nitrogens with zero attached hydrogens (tertiary/aromatic N) is 1. The third kappa shape index (κ3) is 3.24. The van der Waals surface area contributed by atoms with Crippen LogP contribution < -0.4 is 5.32 Å². The van der Waals surface area contributed by atoms with E-state index in [-0.39, 0.29) is 5.91 Å². The van der Waals surface area contributed by atoms with Gasteiger partial charge in [0, 0.05) is 23.4 Å². The van der Waals surface area contributed by atoms with E-state index in [9.17, 15) is 4.79 Å². The first-order valence-corrected chi connectivity index (χ1v) is 8.79. The lowest BCUT2D eigenvalue weighted by atomic mass is 9.96. The molecule has 22 heavy (non-hydrogen) atoms. The van der Waals surface area contributed by atoms with Gasteiger partial charge in [-0.1, -0.05) is 5.16 Å². The summed E-state index contributed by atoms with van der Waals surface area (Å²) in [6, 6.07) is 0. The molecule has 1 N–H and O–H groups in total.